The second kappa shape index (κ2) is 4.58. The standard InChI is InChI=1S/C13H18OS/c1-15-13(14,12-9-5-6-10-12)11-7-3-2-4-8-11/h2-4,7-8,12,14H,5-6,9-10H2,1H3. The van der Waals surface area contributed by atoms with Crippen LogP contribution in [0.4, 0.5) is 0 Å². The summed E-state index contributed by atoms with van der Waals surface area (Å²) < 4.78 is 0. The van der Waals surface area contributed by atoms with Gasteiger partial charge in [-0.1, -0.05) is 43.2 Å². The molecular weight excluding hydrogens is 204 g/mol. The molecular formula is C13H18OS. The molecule has 1 nitrogen and oxygen atoms in total. The molecule has 2 rings (SSSR count). The lowest BCUT2D eigenvalue weighted by Gasteiger charge is -2.32. The fourth-order valence-electron chi connectivity index (χ4n) is 2.51. The zero-order chi connectivity index (χ0) is 10.7. The number of rotatable bonds is 3. The summed E-state index contributed by atoms with van der Waals surface area (Å²) in [5, 5.41) is 10.8. The van der Waals surface area contributed by atoms with Gasteiger partial charge in [-0.25, -0.2) is 0 Å². The molecule has 0 radical (unpaired) electrons. The van der Waals surface area contributed by atoms with Gasteiger partial charge in [-0.3, -0.25) is 0 Å². The van der Waals surface area contributed by atoms with Crippen LogP contribution in [-0.2, 0) is 4.93 Å². The van der Waals surface area contributed by atoms with Crippen molar-refractivity contribution in [2.24, 2.45) is 5.92 Å². The predicted molar refractivity (Wildman–Crippen MR) is 65.8 cm³/mol. The highest BCUT2D eigenvalue weighted by molar-refractivity contribution is 7.99. The van der Waals surface area contributed by atoms with Crippen molar-refractivity contribution in [3.05, 3.63) is 35.9 Å². The van der Waals surface area contributed by atoms with E-state index in [1.54, 1.807) is 11.8 Å². The fourth-order valence-corrected chi connectivity index (χ4v) is 3.46. The molecule has 1 saturated carbocycles. The van der Waals surface area contributed by atoms with E-state index in [2.05, 4.69) is 0 Å². The van der Waals surface area contributed by atoms with Crippen LogP contribution < -0.4 is 0 Å². The average Bonchev–Trinajstić information content (AvgIpc) is 2.83. The van der Waals surface area contributed by atoms with Crippen molar-refractivity contribution in [2.45, 2.75) is 30.6 Å². The smallest absolute Gasteiger partial charge is 0.138 e. The van der Waals surface area contributed by atoms with Crippen LogP contribution in [0.2, 0.25) is 0 Å². The van der Waals surface area contributed by atoms with Gasteiger partial charge in [0, 0.05) is 5.92 Å². The first-order valence-electron chi connectivity index (χ1n) is 5.60. The Kier molecular flexibility index (Phi) is 3.37. The summed E-state index contributed by atoms with van der Waals surface area (Å²) >= 11 is 1.58. The van der Waals surface area contributed by atoms with E-state index in [4.69, 9.17) is 0 Å². The van der Waals surface area contributed by atoms with E-state index < -0.39 is 4.93 Å². The molecule has 1 atom stereocenters. The average molecular weight is 222 g/mol. The predicted octanol–water partition coefficient (Wildman–Crippen LogP) is 3.38. The Hall–Kier alpha value is -0.470. The Labute approximate surface area is 95.9 Å². The first kappa shape index (κ1) is 11.0. The number of aliphatic hydroxyl groups is 1. The van der Waals surface area contributed by atoms with Gasteiger partial charge in [0.2, 0.25) is 0 Å². The largest absolute Gasteiger partial charge is 0.375 e. The van der Waals surface area contributed by atoms with Crippen molar-refractivity contribution in [1.29, 1.82) is 0 Å². The van der Waals surface area contributed by atoms with Crippen molar-refractivity contribution in [3.63, 3.8) is 0 Å². The van der Waals surface area contributed by atoms with Gasteiger partial charge in [0.1, 0.15) is 4.93 Å². The minimum atomic E-state index is -0.669. The van der Waals surface area contributed by atoms with E-state index in [1.807, 2.05) is 36.6 Å². The molecule has 0 aromatic heterocycles. The fraction of sp³-hybridized carbons (Fsp3) is 0.538. The maximum absolute atomic E-state index is 10.8. The molecule has 1 aromatic carbocycles. The van der Waals surface area contributed by atoms with Gasteiger partial charge in [0.05, 0.1) is 0 Å². The summed E-state index contributed by atoms with van der Waals surface area (Å²) in [7, 11) is 0. The highest BCUT2D eigenvalue weighted by atomic mass is 32.2. The van der Waals surface area contributed by atoms with E-state index >= 15 is 0 Å². The molecule has 1 unspecified atom stereocenters. The van der Waals surface area contributed by atoms with E-state index in [0.29, 0.717) is 5.92 Å². The number of hydrogen-bond donors (Lipinski definition) is 1. The molecule has 0 saturated heterocycles. The molecule has 82 valence electrons. The van der Waals surface area contributed by atoms with Gasteiger partial charge in [-0.15, -0.1) is 11.8 Å². The van der Waals surface area contributed by atoms with Crippen LogP contribution in [0.3, 0.4) is 0 Å². The van der Waals surface area contributed by atoms with Crippen LogP contribution >= 0.6 is 11.8 Å². The third-order valence-electron chi connectivity index (χ3n) is 3.41. The Morgan fingerprint density at radius 1 is 1.20 bits per heavy atom. The van der Waals surface area contributed by atoms with Crippen LogP contribution in [0.15, 0.2) is 30.3 Å². The Balaban J connectivity index is 2.28. The number of benzene rings is 1. The van der Waals surface area contributed by atoms with Crippen molar-refractivity contribution in [2.75, 3.05) is 6.26 Å². The second-order valence-corrected chi connectivity index (χ2v) is 5.28. The molecule has 0 amide bonds. The molecule has 1 aliphatic carbocycles. The summed E-state index contributed by atoms with van der Waals surface area (Å²) in [5.74, 6) is 0.426. The summed E-state index contributed by atoms with van der Waals surface area (Å²) in [6.45, 7) is 0. The molecule has 15 heavy (non-hydrogen) atoms. The maximum atomic E-state index is 10.8. The maximum Gasteiger partial charge on any atom is 0.138 e. The Morgan fingerprint density at radius 2 is 1.80 bits per heavy atom. The van der Waals surface area contributed by atoms with Crippen molar-refractivity contribution < 1.29 is 5.11 Å². The molecule has 1 aliphatic rings. The van der Waals surface area contributed by atoms with Crippen LogP contribution in [0, 0.1) is 5.92 Å². The Bertz CT molecular complexity index is 306. The zero-order valence-electron chi connectivity index (χ0n) is 9.15. The SMILES string of the molecule is CSC(O)(c1ccccc1)C1CCCC1. The molecule has 0 heterocycles. The van der Waals surface area contributed by atoms with Crippen molar-refractivity contribution in [1.82, 2.24) is 0 Å². The quantitative estimate of drug-likeness (QED) is 0.791. The summed E-state index contributed by atoms with van der Waals surface area (Å²) in [6, 6.07) is 10.1. The molecule has 0 aliphatic heterocycles. The van der Waals surface area contributed by atoms with Gasteiger partial charge >= 0.3 is 0 Å². The second-order valence-electron chi connectivity index (χ2n) is 4.25. The lowest BCUT2D eigenvalue weighted by atomic mass is 9.93. The van der Waals surface area contributed by atoms with Crippen molar-refractivity contribution in [3.8, 4) is 0 Å². The molecule has 1 aromatic rings. The first-order valence-corrected chi connectivity index (χ1v) is 6.83. The van der Waals surface area contributed by atoms with E-state index in [0.717, 1.165) is 18.4 Å². The lowest BCUT2D eigenvalue weighted by Crippen LogP contribution is -2.29. The molecule has 0 spiro atoms. The minimum absolute atomic E-state index is 0.426. The minimum Gasteiger partial charge on any atom is -0.375 e. The van der Waals surface area contributed by atoms with Gasteiger partial charge in [0.15, 0.2) is 0 Å². The molecule has 1 N–H and O–H groups in total. The molecule has 1 fully saturated rings. The van der Waals surface area contributed by atoms with E-state index in [-0.39, 0.29) is 0 Å². The third kappa shape index (κ3) is 2.06. The summed E-state index contributed by atoms with van der Waals surface area (Å²) in [4.78, 5) is -0.669. The van der Waals surface area contributed by atoms with Crippen molar-refractivity contribution >= 4 is 11.8 Å². The number of thioether (sulfide) groups is 1. The normalized spacial score (nSPS) is 21.5. The highest BCUT2D eigenvalue weighted by Gasteiger charge is 2.38. The van der Waals surface area contributed by atoms with Gasteiger partial charge in [0.25, 0.3) is 0 Å². The van der Waals surface area contributed by atoms with Crippen LogP contribution in [0.25, 0.3) is 0 Å². The van der Waals surface area contributed by atoms with Crippen LogP contribution in [0.5, 0.6) is 0 Å². The first-order chi connectivity index (χ1) is 7.27. The van der Waals surface area contributed by atoms with Crippen LogP contribution in [0.1, 0.15) is 31.2 Å². The summed E-state index contributed by atoms with van der Waals surface area (Å²) in [5.41, 5.74) is 1.06. The Morgan fingerprint density at radius 3 is 2.33 bits per heavy atom. The monoisotopic (exact) mass is 222 g/mol. The zero-order valence-corrected chi connectivity index (χ0v) is 9.96. The molecule has 0 bridgehead atoms. The van der Waals surface area contributed by atoms with Gasteiger partial charge in [-0.05, 0) is 24.7 Å². The topological polar surface area (TPSA) is 20.2 Å². The molecule has 2 heteroatoms. The van der Waals surface area contributed by atoms with Gasteiger partial charge in [-0.2, -0.15) is 0 Å². The third-order valence-corrected chi connectivity index (χ3v) is 4.60. The van der Waals surface area contributed by atoms with Gasteiger partial charge < -0.3 is 5.11 Å². The van der Waals surface area contributed by atoms with Crippen LogP contribution in [-0.4, -0.2) is 11.4 Å². The summed E-state index contributed by atoms with van der Waals surface area (Å²) in [6.07, 6.45) is 6.85. The number of hydrogen-bond acceptors (Lipinski definition) is 2. The highest BCUT2D eigenvalue weighted by Crippen LogP contribution is 2.46. The van der Waals surface area contributed by atoms with E-state index in [1.165, 1.54) is 12.8 Å². The van der Waals surface area contributed by atoms with E-state index in [9.17, 15) is 5.11 Å². The lowest BCUT2D eigenvalue weighted by molar-refractivity contribution is 0.0727.